The van der Waals surface area contributed by atoms with Crippen LogP contribution in [0.3, 0.4) is 0 Å². The van der Waals surface area contributed by atoms with Crippen molar-refractivity contribution in [1.29, 1.82) is 0 Å². The van der Waals surface area contributed by atoms with Gasteiger partial charge in [-0.2, -0.15) is 0 Å². The Bertz CT molecular complexity index is 571. The highest BCUT2D eigenvalue weighted by atomic mass is 16.4. The standard InChI is InChI=1S/C17H23NO2/c1-2-3-4-5-6-7-8-15-11-13-9-10-14(17(19)20)12-16(13)18-15/h9-12,18H,2-8H2,1H3,(H,19,20). The SMILES string of the molecule is CCCCCCCCc1cc2ccc(C(=O)O)cc2[nH]1. The van der Waals surface area contributed by atoms with E-state index in [4.69, 9.17) is 5.11 Å². The number of aryl methyl sites for hydroxylation is 1. The second kappa shape index (κ2) is 7.13. The molecule has 0 aliphatic carbocycles. The highest BCUT2D eigenvalue weighted by molar-refractivity contribution is 5.93. The van der Waals surface area contributed by atoms with Crippen LogP contribution in [0.5, 0.6) is 0 Å². The van der Waals surface area contributed by atoms with E-state index in [1.54, 1.807) is 12.1 Å². The number of carboxylic acid groups (broad SMARTS) is 1. The van der Waals surface area contributed by atoms with Gasteiger partial charge >= 0.3 is 5.97 Å². The van der Waals surface area contributed by atoms with Crippen molar-refractivity contribution < 1.29 is 9.90 Å². The van der Waals surface area contributed by atoms with Crippen molar-refractivity contribution >= 4 is 16.9 Å². The molecule has 108 valence electrons. The molecule has 2 aromatic rings. The number of aromatic amines is 1. The Morgan fingerprint density at radius 1 is 1.10 bits per heavy atom. The number of aromatic nitrogens is 1. The number of hydrogen-bond acceptors (Lipinski definition) is 1. The van der Waals surface area contributed by atoms with E-state index in [9.17, 15) is 4.79 Å². The summed E-state index contributed by atoms with van der Waals surface area (Å²) in [5.41, 5.74) is 2.47. The summed E-state index contributed by atoms with van der Waals surface area (Å²) in [6.45, 7) is 2.23. The van der Waals surface area contributed by atoms with Crippen LogP contribution in [0.4, 0.5) is 0 Å². The van der Waals surface area contributed by atoms with Crippen LogP contribution in [0, 0.1) is 0 Å². The topological polar surface area (TPSA) is 53.1 Å². The van der Waals surface area contributed by atoms with E-state index < -0.39 is 5.97 Å². The molecular formula is C17H23NO2. The number of nitrogens with one attached hydrogen (secondary N) is 1. The number of aromatic carboxylic acids is 1. The molecule has 0 fully saturated rings. The summed E-state index contributed by atoms with van der Waals surface area (Å²) in [6, 6.07) is 7.38. The molecule has 0 unspecified atom stereocenters. The lowest BCUT2D eigenvalue weighted by molar-refractivity contribution is 0.0697. The molecule has 3 heteroatoms. The van der Waals surface area contributed by atoms with Gasteiger partial charge in [-0.25, -0.2) is 4.79 Å². The molecule has 0 radical (unpaired) electrons. The van der Waals surface area contributed by atoms with E-state index in [0.29, 0.717) is 5.56 Å². The van der Waals surface area contributed by atoms with Crippen LogP contribution in [0.25, 0.3) is 10.9 Å². The van der Waals surface area contributed by atoms with Crippen LogP contribution < -0.4 is 0 Å². The van der Waals surface area contributed by atoms with E-state index >= 15 is 0 Å². The molecule has 3 nitrogen and oxygen atoms in total. The average molecular weight is 273 g/mol. The lowest BCUT2D eigenvalue weighted by Crippen LogP contribution is -1.94. The van der Waals surface area contributed by atoms with Crippen molar-refractivity contribution in [2.24, 2.45) is 0 Å². The summed E-state index contributed by atoms with van der Waals surface area (Å²) in [6.07, 6.45) is 8.79. The van der Waals surface area contributed by atoms with Gasteiger partial charge in [-0.05, 0) is 36.4 Å². The largest absolute Gasteiger partial charge is 0.478 e. The van der Waals surface area contributed by atoms with E-state index in [1.807, 2.05) is 6.07 Å². The first kappa shape index (κ1) is 14.6. The fourth-order valence-electron chi connectivity index (χ4n) is 2.55. The van der Waals surface area contributed by atoms with E-state index in [0.717, 1.165) is 17.3 Å². The molecule has 1 aromatic heterocycles. The van der Waals surface area contributed by atoms with Gasteiger partial charge in [-0.15, -0.1) is 0 Å². The first-order valence-electron chi connectivity index (χ1n) is 7.55. The van der Waals surface area contributed by atoms with Gasteiger partial charge in [0.2, 0.25) is 0 Å². The van der Waals surface area contributed by atoms with Gasteiger partial charge in [-0.3, -0.25) is 0 Å². The van der Waals surface area contributed by atoms with E-state index in [2.05, 4.69) is 18.0 Å². The lowest BCUT2D eigenvalue weighted by Gasteiger charge is -1.99. The van der Waals surface area contributed by atoms with Gasteiger partial charge < -0.3 is 10.1 Å². The maximum absolute atomic E-state index is 10.9. The van der Waals surface area contributed by atoms with Crippen molar-refractivity contribution in [3.8, 4) is 0 Å². The molecule has 0 aliphatic heterocycles. The van der Waals surface area contributed by atoms with Gasteiger partial charge in [0.15, 0.2) is 0 Å². The number of carboxylic acids is 1. The Balaban J connectivity index is 1.89. The molecule has 0 atom stereocenters. The molecule has 20 heavy (non-hydrogen) atoms. The molecule has 0 amide bonds. The van der Waals surface area contributed by atoms with Gasteiger partial charge in [0, 0.05) is 11.2 Å². The maximum atomic E-state index is 10.9. The third-order valence-electron chi connectivity index (χ3n) is 3.72. The lowest BCUT2D eigenvalue weighted by atomic mass is 10.1. The molecule has 1 aromatic carbocycles. The second-order valence-electron chi connectivity index (χ2n) is 5.42. The van der Waals surface area contributed by atoms with Crippen molar-refractivity contribution in [3.63, 3.8) is 0 Å². The third kappa shape index (κ3) is 3.86. The molecule has 0 aliphatic rings. The normalized spacial score (nSPS) is 11.1. The zero-order valence-corrected chi connectivity index (χ0v) is 12.1. The highest BCUT2D eigenvalue weighted by Gasteiger charge is 2.06. The first-order chi connectivity index (χ1) is 9.70. The number of fused-ring (bicyclic) bond motifs is 1. The number of H-pyrrole nitrogens is 1. The summed E-state index contributed by atoms with van der Waals surface area (Å²) in [5.74, 6) is -0.876. The summed E-state index contributed by atoms with van der Waals surface area (Å²) >= 11 is 0. The molecule has 0 spiro atoms. The van der Waals surface area contributed by atoms with Gasteiger partial charge in [0.1, 0.15) is 0 Å². The Kier molecular flexibility index (Phi) is 5.22. The third-order valence-corrected chi connectivity index (χ3v) is 3.72. The first-order valence-corrected chi connectivity index (χ1v) is 7.55. The molecular weight excluding hydrogens is 250 g/mol. The number of carbonyl (C=O) groups is 1. The van der Waals surface area contributed by atoms with Crippen LogP contribution >= 0.6 is 0 Å². The minimum atomic E-state index is -0.876. The molecule has 1 heterocycles. The predicted octanol–water partition coefficient (Wildman–Crippen LogP) is 4.77. The Labute approximate surface area is 120 Å². The number of unbranched alkanes of at least 4 members (excludes halogenated alkanes) is 5. The summed E-state index contributed by atoms with van der Waals surface area (Å²) in [5, 5.41) is 10.1. The predicted molar refractivity (Wildman–Crippen MR) is 82.3 cm³/mol. The van der Waals surface area contributed by atoms with Crippen LogP contribution in [0.15, 0.2) is 24.3 Å². The van der Waals surface area contributed by atoms with Crippen molar-refractivity contribution in [3.05, 3.63) is 35.5 Å². The monoisotopic (exact) mass is 273 g/mol. The number of hydrogen-bond donors (Lipinski definition) is 2. The molecule has 0 saturated heterocycles. The smallest absolute Gasteiger partial charge is 0.335 e. The summed E-state index contributed by atoms with van der Waals surface area (Å²) in [7, 11) is 0. The molecule has 0 bridgehead atoms. The molecule has 2 rings (SSSR count). The number of benzene rings is 1. The molecule has 2 N–H and O–H groups in total. The van der Waals surface area contributed by atoms with Gasteiger partial charge in [0.25, 0.3) is 0 Å². The van der Waals surface area contributed by atoms with Crippen LogP contribution in [-0.2, 0) is 6.42 Å². The highest BCUT2D eigenvalue weighted by Crippen LogP contribution is 2.19. The Morgan fingerprint density at radius 2 is 1.85 bits per heavy atom. The van der Waals surface area contributed by atoms with Gasteiger partial charge in [0.05, 0.1) is 5.56 Å². The summed E-state index contributed by atoms with van der Waals surface area (Å²) in [4.78, 5) is 14.3. The zero-order chi connectivity index (χ0) is 14.4. The van der Waals surface area contributed by atoms with E-state index in [1.165, 1.54) is 44.2 Å². The number of rotatable bonds is 8. The van der Waals surface area contributed by atoms with Crippen LogP contribution in [0.2, 0.25) is 0 Å². The summed E-state index contributed by atoms with van der Waals surface area (Å²) < 4.78 is 0. The fourth-order valence-corrected chi connectivity index (χ4v) is 2.55. The van der Waals surface area contributed by atoms with E-state index in [-0.39, 0.29) is 0 Å². The van der Waals surface area contributed by atoms with Crippen LogP contribution in [0.1, 0.15) is 61.5 Å². The Morgan fingerprint density at radius 3 is 2.60 bits per heavy atom. The quantitative estimate of drug-likeness (QED) is 0.681. The molecule has 0 saturated carbocycles. The fraction of sp³-hybridized carbons (Fsp3) is 0.471. The van der Waals surface area contributed by atoms with Crippen molar-refractivity contribution in [1.82, 2.24) is 4.98 Å². The second-order valence-corrected chi connectivity index (χ2v) is 5.42. The Hall–Kier alpha value is -1.77. The van der Waals surface area contributed by atoms with Crippen molar-refractivity contribution in [2.45, 2.75) is 51.9 Å². The average Bonchev–Trinajstić information content (AvgIpc) is 2.84. The van der Waals surface area contributed by atoms with Crippen LogP contribution in [-0.4, -0.2) is 16.1 Å². The maximum Gasteiger partial charge on any atom is 0.335 e. The minimum absolute atomic E-state index is 0.338. The minimum Gasteiger partial charge on any atom is -0.478 e. The van der Waals surface area contributed by atoms with Crippen molar-refractivity contribution in [2.75, 3.05) is 0 Å². The zero-order valence-electron chi connectivity index (χ0n) is 12.1. The van der Waals surface area contributed by atoms with Gasteiger partial charge in [-0.1, -0.05) is 45.1 Å².